The molecular weight excluding hydrogens is 361 g/mol. The largest absolute Gasteiger partial charge is 0.416 e. The van der Waals surface area contributed by atoms with Crippen molar-refractivity contribution >= 4 is 17.6 Å². The molecule has 1 saturated heterocycles. The highest BCUT2D eigenvalue weighted by Gasteiger charge is 2.30. The lowest BCUT2D eigenvalue weighted by atomic mass is 10.0. The summed E-state index contributed by atoms with van der Waals surface area (Å²) >= 11 is 0. The van der Waals surface area contributed by atoms with Crippen LogP contribution in [0.4, 0.5) is 23.7 Å². The van der Waals surface area contributed by atoms with Crippen LogP contribution in [-0.2, 0) is 6.18 Å². The molecule has 0 atom stereocenters. The maximum atomic E-state index is 12.5. The number of aromatic nitrogens is 1. The molecule has 1 fully saturated rings. The van der Waals surface area contributed by atoms with Crippen LogP contribution in [0, 0.1) is 0 Å². The van der Waals surface area contributed by atoms with E-state index >= 15 is 0 Å². The molecule has 9 heteroatoms. The van der Waals surface area contributed by atoms with E-state index in [-0.39, 0.29) is 17.6 Å². The number of nitrogens with one attached hydrogen (secondary N) is 3. The molecule has 3 amide bonds. The van der Waals surface area contributed by atoms with Crippen LogP contribution in [0.2, 0.25) is 0 Å². The van der Waals surface area contributed by atoms with Crippen LogP contribution in [0.5, 0.6) is 0 Å². The molecule has 1 aromatic heterocycles. The number of carbonyl (C=O) groups is 2. The van der Waals surface area contributed by atoms with Crippen LogP contribution in [-0.4, -0.2) is 41.0 Å². The SMILES string of the molecule is O=C(Nc1ccc(C(F)(F)F)cc1)NC1CCN(C(=O)c2cc[nH]c2)CC1. The van der Waals surface area contributed by atoms with Gasteiger partial charge in [-0.05, 0) is 43.2 Å². The lowest BCUT2D eigenvalue weighted by molar-refractivity contribution is -0.137. The van der Waals surface area contributed by atoms with Crippen LogP contribution in [0.3, 0.4) is 0 Å². The van der Waals surface area contributed by atoms with E-state index in [1.54, 1.807) is 23.4 Å². The number of H-pyrrole nitrogens is 1. The molecule has 1 aromatic carbocycles. The van der Waals surface area contributed by atoms with Gasteiger partial charge >= 0.3 is 12.2 Å². The molecule has 6 nitrogen and oxygen atoms in total. The van der Waals surface area contributed by atoms with E-state index in [4.69, 9.17) is 0 Å². The number of piperidine rings is 1. The fraction of sp³-hybridized carbons (Fsp3) is 0.333. The van der Waals surface area contributed by atoms with Crippen LogP contribution in [0.1, 0.15) is 28.8 Å². The van der Waals surface area contributed by atoms with Crippen LogP contribution < -0.4 is 10.6 Å². The number of carbonyl (C=O) groups excluding carboxylic acids is 2. The third-order valence-electron chi connectivity index (χ3n) is 4.43. The molecule has 3 N–H and O–H groups in total. The molecule has 1 aliphatic rings. The molecule has 0 saturated carbocycles. The van der Waals surface area contributed by atoms with Gasteiger partial charge in [-0.2, -0.15) is 13.2 Å². The van der Waals surface area contributed by atoms with Crippen molar-refractivity contribution in [2.45, 2.75) is 25.1 Å². The molecule has 2 aromatic rings. The van der Waals surface area contributed by atoms with Crippen LogP contribution in [0.15, 0.2) is 42.7 Å². The Labute approximate surface area is 153 Å². The first-order valence-corrected chi connectivity index (χ1v) is 8.50. The van der Waals surface area contributed by atoms with E-state index in [9.17, 15) is 22.8 Å². The van der Waals surface area contributed by atoms with Gasteiger partial charge in [0.25, 0.3) is 5.91 Å². The summed E-state index contributed by atoms with van der Waals surface area (Å²) in [7, 11) is 0. The Morgan fingerprint density at radius 2 is 1.74 bits per heavy atom. The highest BCUT2D eigenvalue weighted by Crippen LogP contribution is 2.29. The zero-order chi connectivity index (χ0) is 19.4. The number of anilines is 1. The molecule has 0 bridgehead atoms. The van der Waals surface area contributed by atoms with E-state index in [1.807, 2.05) is 0 Å². The van der Waals surface area contributed by atoms with Crippen molar-refractivity contribution in [1.29, 1.82) is 0 Å². The Hall–Kier alpha value is -2.97. The number of halogens is 3. The number of likely N-dealkylation sites (tertiary alicyclic amines) is 1. The highest BCUT2D eigenvalue weighted by molar-refractivity contribution is 5.94. The summed E-state index contributed by atoms with van der Waals surface area (Å²) < 4.78 is 37.6. The fourth-order valence-electron chi connectivity index (χ4n) is 2.96. The van der Waals surface area contributed by atoms with Crippen molar-refractivity contribution in [3.63, 3.8) is 0 Å². The van der Waals surface area contributed by atoms with Gasteiger partial charge in [-0.3, -0.25) is 4.79 Å². The van der Waals surface area contributed by atoms with Gasteiger partial charge in [-0.25, -0.2) is 4.79 Å². The number of rotatable bonds is 3. The summed E-state index contributed by atoms with van der Waals surface area (Å²) in [5, 5.41) is 5.31. The summed E-state index contributed by atoms with van der Waals surface area (Å²) in [6.45, 7) is 1.05. The summed E-state index contributed by atoms with van der Waals surface area (Å²) in [5.74, 6) is -0.0519. The summed E-state index contributed by atoms with van der Waals surface area (Å²) in [5.41, 5.74) is 0.106. The molecular formula is C18H19F3N4O2. The summed E-state index contributed by atoms with van der Waals surface area (Å²) in [6.07, 6.45) is 0.136. The Bertz CT molecular complexity index is 780. The van der Waals surface area contributed by atoms with Gasteiger partial charge in [0.1, 0.15) is 0 Å². The maximum absolute atomic E-state index is 12.5. The van der Waals surface area contributed by atoms with Gasteiger partial charge < -0.3 is 20.5 Å². The van der Waals surface area contributed by atoms with E-state index in [0.29, 0.717) is 31.5 Å². The van der Waals surface area contributed by atoms with E-state index in [1.165, 1.54) is 12.1 Å². The second-order valence-corrected chi connectivity index (χ2v) is 6.34. The van der Waals surface area contributed by atoms with Gasteiger partial charge in [0.05, 0.1) is 11.1 Å². The smallest absolute Gasteiger partial charge is 0.367 e. The number of alkyl halides is 3. The number of nitrogens with zero attached hydrogens (tertiary/aromatic N) is 1. The predicted octanol–water partition coefficient (Wildman–Crippen LogP) is 3.46. The fourth-order valence-corrected chi connectivity index (χ4v) is 2.96. The molecule has 0 radical (unpaired) electrons. The van der Waals surface area contributed by atoms with Gasteiger partial charge in [0.2, 0.25) is 0 Å². The Morgan fingerprint density at radius 3 is 2.30 bits per heavy atom. The van der Waals surface area contributed by atoms with E-state index in [0.717, 1.165) is 12.1 Å². The molecule has 0 unspecified atom stereocenters. The van der Waals surface area contributed by atoms with Crippen LogP contribution in [0.25, 0.3) is 0 Å². The molecule has 1 aliphatic heterocycles. The first-order chi connectivity index (χ1) is 12.8. The Kier molecular flexibility index (Phi) is 5.38. The zero-order valence-corrected chi connectivity index (χ0v) is 14.3. The average Bonchev–Trinajstić information content (AvgIpc) is 3.16. The monoisotopic (exact) mass is 380 g/mol. The second kappa shape index (κ2) is 7.73. The van der Waals surface area contributed by atoms with Gasteiger partial charge in [-0.1, -0.05) is 0 Å². The van der Waals surface area contributed by atoms with E-state index < -0.39 is 17.8 Å². The minimum Gasteiger partial charge on any atom is -0.367 e. The quantitative estimate of drug-likeness (QED) is 0.763. The first-order valence-electron chi connectivity index (χ1n) is 8.50. The van der Waals surface area contributed by atoms with Crippen LogP contribution >= 0.6 is 0 Å². The molecule has 27 heavy (non-hydrogen) atoms. The zero-order valence-electron chi connectivity index (χ0n) is 14.3. The topological polar surface area (TPSA) is 77.2 Å². The molecule has 0 aliphatic carbocycles. The normalized spacial score (nSPS) is 15.4. The van der Waals surface area contributed by atoms with Crippen molar-refractivity contribution in [2.24, 2.45) is 0 Å². The van der Waals surface area contributed by atoms with Crippen molar-refractivity contribution in [3.05, 3.63) is 53.9 Å². The minimum atomic E-state index is -4.41. The lowest BCUT2D eigenvalue weighted by Gasteiger charge is -2.32. The molecule has 144 valence electrons. The Morgan fingerprint density at radius 1 is 1.07 bits per heavy atom. The number of hydrogen-bond donors (Lipinski definition) is 3. The number of amides is 3. The minimum absolute atomic E-state index is 0.0519. The Balaban J connectivity index is 1.46. The maximum Gasteiger partial charge on any atom is 0.416 e. The van der Waals surface area contributed by atoms with Crippen molar-refractivity contribution < 1.29 is 22.8 Å². The lowest BCUT2D eigenvalue weighted by Crippen LogP contribution is -2.47. The van der Waals surface area contributed by atoms with Gasteiger partial charge in [-0.15, -0.1) is 0 Å². The summed E-state index contributed by atoms with van der Waals surface area (Å²) in [4.78, 5) is 28.9. The van der Waals surface area contributed by atoms with Crippen molar-refractivity contribution in [2.75, 3.05) is 18.4 Å². The third-order valence-corrected chi connectivity index (χ3v) is 4.43. The van der Waals surface area contributed by atoms with Gasteiger partial charge in [0, 0.05) is 37.2 Å². The number of aromatic amines is 1. The van der Waals surface area contributed by atoms with E-state index in [2.05, 4.69) is 15.6 Å². The highest BCUT2D eigenvalue weighted by atomic mass is 19.4. The van der Waals surface area contributed by atoms with Crippen molar-refractivity contribution in [3.8, 4) is 0 Å². The first kappa shape index (κ1) is 18.8. The van der Waals surface area contributed by atoms with Gasteiger partial charge in [0.15, 0.2) is 0 Å². The second-order valence-electron chi connectivity index (χ2n) is 6.34. The molecule has 3 rings (SSSR count). The number of hydrogen-bond acceptors (Lipinski definition) is 2. The number of benzene rings is 1. The third kappa shape index (κ3) is 4.81. The predicted molar refractivity (Wildman–Crippen MR) is 93.3 cm³/mol. The standard InChI is InChI=1S/C18H19F3N4O2/c19-18(20,21)13-1-3-14(4-2-13)23-17(27)24-15-6-9-25(10-7-15)16(26)12-5-8-22-11-12/h1-5,8,11,15,22H,6-7,9-10H2,(H2,23,24,27). The molecule has 2 heterocycles. The molecule has 0 spiro atoms. The number of urea groups is 1. The summed E-state index contributed by atoms with van der Waals surface area (Å²) in [6, 6.07) is 5.38. The average molecular weight is 380 g/mol. The van der Waals surface area contributed by atoms with Crippen molar-refractivity contribution in [1.82, 2.24) is 15.2 Å².